The smallest absolute Gasteiger partial charge is 0.194 e. The zero-order valence-electron chi connectivity index (χ0n) is 17.5. The molecule has 1 aromatic carbocycles. The summed E-state index contributed by atoms with van der Waals surface area (Å²) in [5.74, 6) is 2.49. The molecule has 1 aromatic heterocycles. The van der Waals surface area contributed by atoms with Crippen LogP contribution < -0.4 is 14.8 Å². The van der Waals surface area contributed by atoms with E-state index in [1.54, 1.807) is 25.6 Å². The summed E-state index contributed by atoms with van der Waals surface area (Å²) in [6, 6.07) is 6.13. The molecule has 0 bridgehead atoms. The van der Waals surface area contributed by atoms with Crippen molar-refractivity contribution in [1.82, 2.24) is 20.1 Å². The van der Waals surface area contributed by atoms with Gasteiger partial charge in [0.1, 0.15) is 5.01 Å². The van der Waals surface area contributed by atoms with Crippen LogP contribution in [0.5, 0.6) is 11.5 Å². The van der Waals surface area contributed by atoms with E-state index in [1.807, 2.05) is 19.3 Å². The fraction of sp³-hybridized carbons (Fsp3) is 0.500. The van der Waals surface area contributed by atoms with Gasteiger partial charge in [0.05, 0.1) is 20.8 Å². The fourth-order valence-corrected chi connectivity index (χ4v) is 4.05. The highest BCUT2D eigenvalue weighted by atomic mass is 127. The van der Waals surface area contributed by atoms with Crippen LogP contribution in [-0.2, 0) is 13.1 Å². The maximum absolute atomic E-state index is 5.41. The minimum atomic E-state index is 0. The SMILES string of the molecule is CN=C(NCc1ncc(C)s1)N1CCN(Cc2ccc(OC)c(OC)c2)CC1.I. The number of rotatable bonds is 6. The first-order valence-electron chi connectivity index (χ1n) is 9.43. The molecule has 2 heterocycles. The van der Waals surface area contributed by atoms with Gasteiger partial charge in [-0.15, -0.1) is 35.3 Å². The molecule has 0 atom stereocenters. The second-order valence-electron chi connectivity index (χ2n) is 6.72. The molecule has 0 spiro atoms. The normalized spacial score (nSPS) is 15.0. The summed E-state index contributed by atoms with van der Waals surface area (Å²) in [4.78, 5) is 14.8. The molecular weight excluding hydrogens is 501 g/mol. The minimum Gasteiger partial charge on any atom is -0.493 e. The molecule has 0 saturated carbocycles. The number of benzene rings is 1. The number of ether oxygens (including phenoxy) is 2. The third kappa shape index (κ3) is 6.45. The summed E-state index contributed by atoms with van der Waals surface area (Å²) in [5.41, 5.74) is 1.23. The highest BCUT2D eigenvalue weighted by molar-refractivity contribution is 14.0. The third-order valence-corrected chi connectivity index (χ3v) is 5.72. The second kappa shape index (κ2) is 11.6. The zero-order valence-corrected chi connectivity index (χ0v) is 20.6. The number of halogens is 1. The summed E-state index contributed by atoms with van der Waals surface area (Å²) < 4.78 is 10.7. The van der Waals surface area contributed by atoms with E-state index in [9.17, 15) is 0 Å². The van der Waals surface area contributed by atoms with E-state index in [-0.39, 0.29) is 24.0 Å². The van der Waals surface area contributed by atoms with Gasteiger partial charge in [-0.25, -0.2) is 4.98 Å². The lowest BCUT2D eigenvalue weighted by Gasteiger charge is -2.36. The zero-order chi connectivity index (χ0) is 19.9. The Morgan fingerprint density at radius 3 is 2.48 bits per heavy atom. The van der Waals surface area contributed by atoms with Gasteiger partial charge in [0.25, 0.3) is 0 Å². The van der Waals surface area contributed by atoms with Crippen LogP contribution >= 0.6 is 35.3 Å². The van der Waals surface area contributed by atoms with Gasteiger partial charge in [-0.3, -0.25) is 9.89 Å². The third-order valence-electron chi connectivity index (χ3n) is 4.80. The van der Waals surface area contributed by atoms with Crippen LogP contribution in [0.25, 0.3) is 0 Å². The minimum absolute atomic E-state index is 0. The average Bonchev–Trinajstić information content (AvgIpc) is 3.14. The molecule has 0 unspecified atom stereocenters. The number of aliphatic imine (C=N–C) groups is 1. The Hall–Kier alpha value is -1.59. The van der Waals surface area contributed by atoms with Crippen molar-refractivity contribution in [3.63, 3.8) is 0 Å². The van der Waals surface area contributed by atoms with Crippen molar-refractivity contribution in [3.8, 4) is 11.5 Å². The van der Waals surface area contributed by atoms with Crippen LogP contribution in [-0.4, -0.2) is 68.2 Å². The number of hydrogen-bond donors (Lipinski definition) is 1. The summed E-state index contributed by atoms with van der Waals surface area (Å²) in [6.07, 6.45) is 1.91. The highest BCUT2D eigenvalue weighted by Crippen LogP contribution is 2.28. The Kier molecular flexibility index (Phi) is 9.44. The van der Waals surface area contributed by atoms with Gasteiger partial charge in [0.15, 0.2) is 17.5 Å². The lowest BCUT2D eigenvalue weighted by atomic mass is 10.1. The summed E-state index contributed by atoms with van der Waals surface area (Å²) in [7, 11) is 5.17. The molecule has 1 aliphatic rings. The van der Waals surface area contributed by atoms with E-state index < -0.39 is 0 Å². The number of thiazole rings is 1. The van der Waals surface area contributed by atoms with E-state index in [0.29, 0.717) is 0 Å². The molecular formula is C20H30IN5O2S. The molecule has 29 heavy (non-hydrogen) atoms. The van der Waals surface area contributed by atoms with Crippen molar-refractivity contribution in [3.05, 3.63) is 39.8 Å². The van der Waals surface area contributed by atoms with Gasteiger partial charge in [0, 0.05) is 50.8 Å². The van der Waals surface area contributed by atoms with E-state index in [0.717, 1.165) is 61.7 Å². The molecule has 1 fully saturated rings. The Bertz CT molecular complexity index is 806. The molecule has 7 nitrogen and oxygen atoms in total. The molecule has 1 N–H and O–H groups in total. The van der Waals surface area contributed by atoms with Gasteiger partial charge in [-0.2, -0.15) is 0 Å². The topological polar surface area (TPSA) is 62.2 Å². The molecule has 0 amide bonds. The number of hydrogen-bond acceptors (Lipinski definition) is 6. The van der Waals surface area contributed by atoms with Gasteiger partial charge in [-0.1, -0.05) is 6.07 Å². The van der Waals surface area contributed by atoms with Crippen molar-refractivity contribution in [2.75, 3.05) is 47.4 Å². The maximum atomic E-state index is 5.41. The van der Waals surface area contributed by atoms with Crippen molar-refractivity contribution in [2.45, 2.75) is 20.0 Å². The van der Waals surface area contributed by atoms with E-state index in [1.165, 1.54) is 10.4 Å². The number of piperazine rings is 1. The Balaban J connectivity index is 0.00000300. The number of nitrogens with zero attached hydrogens (tertiary/aromatic N) is 4. The lowest BCUT2D eigenvalue weighted by molar-refractivity contribution is 0.172. The number of guanidine groups is 1. The van der Waals surface area contributed by atoms with Crippen molar-refractivity contribution in [1.29, 1.82) is 0 Å². The predicted molar refractivity (Wildman–Crippen MR) is 129 cm³/mol. The van der Waals surface area contributed by atoms with Crippen LogP contribution in [0.2, 0.25) is 0 Å². The standard InChI is InChI=1S/C20H29N5O2S.HI/c1-15-12-22-19(28-15)13-23-20(21-2)25-9-7-24(8-10-25)14-16-5-6-17(26-3)18(11-16)27-4;/h5-6,11-12H,7-10,13-14H2,1-4H3,(H,21,23);1H. The molecule has 1 aliphatic heterocycles. The first kappa shape index (κ1) is 23.7. The van der Waals surface area contributed by atoms with Crippen LogP contribution in [0.4, 0.5) is 0 Å². The lowest BCUT2D eigenvalue weighted by Crippen LogP contribution is -2.52. The molecule has 1 saturated heterocycles. The highest BCUT2D eigenvalue weighted by Gasteiger charge is 2.20. The average molecular weight is 531 g/mol. The van der Waals surface area contributed by atoms with Gasteiger partial charge < -0.3 is 19.7 Å². The van der Waals surface area contributed by atoms with E-state index in [4.69, 9.17) is 9.47 Å². The van der Waals surface area contributed by atoms with Crippen LogP contribution in [0, 0.1) is 6.92 Å². The van der Waals surface area contributed by atoms with Crippen molar-refractivity contribution in [2.24, 2.45) is 4.99 Å². The number of methoxy groups -OCH3 is 2. The van der Waals surface area contributed by atoms with Gasteiger partial charge in [-0.05, 0) is 24.6 Å². The summed E-state index contributed by atoms with van der Waals surface area (Å²) in [5, 5.41) is 4.52. The van der Waals surface area contributed by atoms with Crippen molar-refractivity contribution < 1.29 is 9.47 Å². The van der Waals surface area contributed by atoms with Gasteiger partial charge >= 0.3 is 0 Å². The predicted octanol–water partition coefficient (Wildman–Crippen LogP) is 2.98. The van der Waals surface area contributed by atoms with Gasteiger partial charge in [0.2, 0.25) is 0 Å². The molecule has 3 rings (SSSR count). The Labute approximate surface area is 194 Å². The fourth-order valence-electron chi connectivity index (χ4n) is 3.33. The monoisotopic (exact) mass is 531 g/mol. The Morgan fingerprint density at radius 1 is 1.17 bits per heavy atom. The molecule has 0 radical (unpaired) electrons. The number of aryl methyl sites for hydroxylation is 1. The second-order valence-corrected chi connectivity index (χ2v) is 8.04. The molecule has 160 valence electrons. The van der Waals surface area contributed by atoms with Crippen LogP contribution in [0.15, 0.2) is 29.4 Å². The summed E-state index contributed by atoms with van der Waals surface area (Å²) in [6.45, 7) is 7.58. The number of nitrogens with one attached hydrogen (secondary N) is 1. The molecule has 9 heteroatoms. The first-order chi connectivity index (χ1) is 13.6. The molecule has 2 aromatic rings. The van der Waals surface area contributed by atoms with E-state index >= 15 is 0 Å². The van der Waals surface area contributed by atoms with E-state index in [2.05, 4.69) is 44.1 Å². The first-order valence-corrected chi connectivity index (χ1v) is 10.2. The maximum Gasteiger partial charge on any atom is 0.194 e. The van der Waals surface area contributed by atoms with Crippen molar-refractivity contribution >= 4 is 41.3 Å². The Morgan fingerprint density at radius 2 is 1.90 bits per heavy atom. The molecule has 0 aliphatic carbocycles. The van der Waals surface area contributed by atoms with Crippen LogP contribution in [0.1, 0.15) is 15.4 Å². The summed E-state index contributed by atoms with van der Waals surface area (Å²) >= 11 is 1.72. The largest absolute Gasteiger partial charge is 0.493 e. The quantitative estimate of drug-likeness (QED) is 0.352. The number of aromatic nitrogens is 1. The van der Waals surface area contributed by atoms with Crippen LogP contribution in [0.3, 0.4) is 0 Å².